The summed E-state index contributed by atoms with van der Waals surface area (Å²) < 4.78 is 25.2. The minimum atomic E-state index is -0.515. The average Bonchev–Trinajstić information content (AvgIpc) is 2.81. The molecular formula is C31H34FNO4. The molecule has 2 aromatic carbocycles. The predicted molar refractivity (Wildman–Crippen MR) is 141 cm³/mol. The van der Waals surface area contributed by atoms with Gasteiger partial charge in [-0.05, 0) is 53.5 Å². The van der Waals surface area contributed by atoms with E-state index in [9.17, 15) is 14.0 Å². The Kier molecular flexibility index (Phi) is 6.05. The second kappa shape index (κ2) is 8.86. The van der Waals surface area contributed by atoms with Gasteiger partial charge in [-0.3, -0.25) is 9.59 Å². The molecule has 5 rings (SSSR count). The summed E-state index contributed by atoms with van der Waals surface area (Å²) in [5, 5.41) is 0. The lowest BCUT2D eigenvalue weighted by molar-refractivity contribution is -0.119. The van der Waals surface area contributed by atoms with Crippen LogP contribution in [0.3, 0.4) is 0 Å². The summed E-state index contributed by atoms with van der Waals surface area (Å²) in [6.07, 6.45) is 2.09. The first-order chi connectivity index (χ1) is 17.4. The molecule has 0 atom stereocenters. The third-order valence-corrected chi connectivity index (χ3v) is 7.74. The van der Waals surface area contributed by atoms with Crippen molar-refractivity contribution in [2.45, 2.75) is 59.3 Å². The zero-order valence-corrected chi connectivity index (χ0v) is 22.4. The van der Waals surface area contributed by atoms with Gasteiger partial charge in [-0.2, -0.15) is 0 Å². The maximum atomic E-state index is 13.9. The van der Waals surface area contributed by atoms with Crippen LogP contribution in [0.25, 0.3) is 0 Å². The van der Waals surface area contributed by atoms with Crippen LogP contribution in [0.4, 0.5) is 10.1 Å². The SMILES string of the molecule is COc1ccc(N2C3=C(C(=O)CC(C)(C)C3)C(c3ccc(F)cc3)C3=C2CC(C)(C)CC3=O)c(OC)c1. The van der Waals surface area contributed by atoms with Gasteiger partial charge in [0.15, 0.2) is 11.6 Å². The molecule has 1 aliphatic heterocycles. The molecule has 2 aliphatic carbocycles. The molecule has 0 fully saturated rings. The van der Waals surface area contributed by atoms with E-state index in [4.69, 9.17) is 9.47 Å². The first kappa shape index (κ1) is 25.2. The molecule has 0 aromatic heterocycles. The number of halogens is 1. The molecule has 0 bridgehead atoms. The van der Waals surface area contributed by atoms with Gasteiger partial charge in [0.25, 0.3) is 0 Å². The Bertz CT molecular complexity index is 1300. The Morgan fingerprint density at radius 3 is 1.81 bits per heavy atom. The van der Waals surface area contributed by atoms with Gasteiger partial charge in [-0.25, -0.2) is 4.39 Å². The van der Waals surface area contributed by atoms with Crippen LogP contribution in [0.2, 0.25) is 0 Å². The first-order valence-corrected chi connectivity index (χ1v) is 12.7. The number of rotatable bonds is 4. The number of nitrogens with zero attached hydrogens (tertiary/aromatic N) is 1. The number of methoxy groups -OCH3 is 2. The third kappa shape index (κ3) is 4.36. The molecule has 6 heteroatoms. The van der Waals surface area contributed by atoms with Crippen LogP contribution in [0, 0.1) is 16.6 Å². The second-order valence-corrected chi connectivity index (χ2v) is 12.0. The quantitative estimate of drug-likeness (QED) is 0.463. The summed E-state index contributed by atoms with van der Waals surface area (Å²) in [7, 11) is 3.22. The Labute approximate surface area is 218 Å². The van der Waals surface area contributed by atoms with Crippen molar-refractivity contribution in [3.8, 4) is 11.5 Å². The smallest absolute Gasteiger partial charge is 0.162 e. The number of ether oxygens (including phenoxy) is 2. The van der Waals surface area contributed by atoms with Crippen LogP contribution in [-0.2, 0) is 9.59 Å². The monoisotopic (exact) mass is 503 g/mol. The van der Waals surface area contributed by atoms with Gasteiger partial charge >= 0.3 is 0 Å². The number of allylic oxidation sites excluding steroid dienone is 4. The van der Waals surface area contributed by atoms with Gasteiger partial charge in [0.1, 0.15) is 17.3 Å². The molecule has 0 unspecified atom stereocenters. The molecular weight excluding hydrogens is 469 g/mol. The van der Waals surface area contributed by atoms with Crippen molar-refractivity contribution < 1.29 is 23.5 Å². The number of anilines is 1. The van der Waals surface area contributed by atoms with Crippen LogP contribution in [0.15, 0.2) is 65.0 Å². The molecule has 0 N–H and O–H groups in total. The molecule has 5 nitrogen and oxygen atoms in total. The highest BCUT2D eigenvalue weighted by molar-refractivity contribution is 6.08. The number of carbonyl (C=O) groups is 2. The Morgan fingerprint density at radius 2 is 1.32 bits per heavy atom. The lowest BCUT2D eigenvalue weighted by atomic mass is 9.63. The lowest BCUT2D eigenvalue weighted by Crippen LogP contribution is -2.44. The molecule has 0 saturated carbocycles. The van der Waals surface area contributed by atoms with E-state index >= 15 is 0 Å². The highest BCUT2D eigenvalue weighted by atomic mass is 19.1. The molecule has 0 saturated heterocycles. The van der Waals surface area contributed by atoms with Gasteiger partial charge in [0.2, 0.25) is 0 Å². The van der Waals surface area contributed by atoms with Crippen LogP contribution < -0.4 is 14.4 Å². The van der Waals surface area contributed by atoms with Gasteiger partial charge in [0.05, 0.1) is 19.9 Å². The van der Waals surface area contributed by atoms with E-state index in [1.54, 1.807) is 26.4 Å². The zero-order valence-electron chi connectivity index (χ0n) is 22.4. The van der Waals surface area contributed by atoms with Gasteiger partial charge in [-0.15, -0.1) is 0 Å². The predicted octanol–water partition coefficient (Wildman–Crippen LogP) is 6.73. The number of hydrogen-bond donors (Lipinski definition) is 0. The lowest BCUT2D eigenvalue weighted by Gasteiger charge is -2.49. The summed E-state index contributed by atoms with van der Waals surface area (Å²) in [6, 6.07) is 11.9. The normalized spacial score (nSPS) is 21.1. The summed E-state index contributed by atoms with van der Waals surface area (Å²) >= 11 is 0. The van der Waals surface area contributed by atoms with E-state index in [0.717, 1.165) is 22.6 Å². The number of ketones is 2. The fourth-order valence-electron chi connectivity index (χ4n) is 6.21. The minimum Gasteiger partial charge on any atom is -0.497 e. The standard InChI is InChI=1S/C31H34FNO4/c1-30(2)14-22-28(24(34)16-30)27(18-7-9-19(32)10-8-18)29-23(15-31(3,4)17-25(29)35)33(22)21-12-11-20(36-5)13-26(21)37-6/h7-13,27H,14-17H2,1-6H3. The number of hydrogen-bond acceptors (Lipinski definition) is 5. The van der Waals surface area contributed by atoms with Gasteiger partial charge in [-0.1, -0.05) is 39.8 Å². The molecule has 37 heavy (non-hydrogen) atoms. The maximum Gasteiger partial charge on any atom is 0.162 e. The van der Waals surface area contributed by atoms with E-state index in [1.807, 2.05) is 18.2 Å². The van der Waals surface area contributed by atoms with E-state index in [2.05, 4.69) is 32.6 Å². The number of carbonyl (C=O) groups excluding carboxylic acids is 2. The minimum absolute atomic E-state index is 0.0298. The second-order valence-electron chi connectivity index (χ2n) is 12.0. The Morgan fingerprint density at radius 1 is 0.784 bits per heavy atom. The van der Waals surface area contributed by atoms with E-state index in [0.29, 0.717) is 48.3 Å². The zero-order chi connectivity index (χ0) is 26.7. The molecule has 0 amide bonds. The van der Waals surface area contributed by atoms with E-state index < -0.39 is 5.92 Å². The van der Waals surface area contributed by atoms with Crippen molar-refractivity contribution in [3.05, 3.63) is 76.4 Å². The van der Waals surface area contributed by atoms with E-state index in [-0.39, 0.29) is 28.2 Å². The van der Waals surface area contributed by atoms with Crippen LogP contribution in [0.5, 0.6) is 11.5 Å². The highest BCUT2D eigenvalue weighted by Crippen LogP contribution is 2.56. The van der Waals surface area contributed by atoms with Crippen molar-refractivity contribution in [1.82, 2.24) is 0 Å². The summed E-state index contributed by atoms with van der Waals surface area (Å²) in [6.45, 7) is 8.41. The Hall–Kier alpha value is -3.41. The number of benzene rings is 2. The summed E-state index contributed by atoms with van der Waals surface area (Å²) in [5.74, 6) is 0.456. The van der Waals surface area contributed by atoms with Crippen molar-refractivity contribution in [2.75, 3.05) is 19.1 Å². The fraction of sp³-hybridized carbons (Fsp3) is 0.419. The first-order valence-electron chi connectivity index (χ1n) is 12.7. The fourth-order valence-corrected chi connectivity index (χ4v) is 6.21. The largest absolute Gasteiger partial charge is 0.497 e. The van der Waals surface area contributed by atoms with Crippen LogP contribution in [-0.4, -0.2) is 25.8 Å². The average molecular weight is 504 g/mol. The third-order valence-electron chi connectivity index (χ3n) is 7.74. The number of Topliss-reactive ketones (excluding diaryl/α,β-unsaturated/α-hetero) is 2. The summed E-state index contributed by atoms with van der Waals surface area (Å²) in [5.41, 5.74) is 4.08. The van der Waals surface area contributed by atoms with Crippen molar-refractivity contribution in [3.63, 3.8) is 0 Å². The van der Waals surface area contributed by atoms with Crippen molar-refractivity contribution in [1.29, 1.82) is 0 Å². The molecule has 0 spiro atoms. The van der Waals surface area contributed by atoms with Gasteiger partial charge < -0.3 is 14.4 Å². The topological polar surface area (TPSA) is 55.8 Å². The van der Waals surface area contributed by atoms with E-state index in [1.165, 1.54) is 12.1 Å². The highest BCUT2D eigenvalue weighted by Gasteiger charge is 2.49. The molecule has 2 aromatic rings. The molecule has 1 heterocycles. The molecule has 0 radical (unpaired) electrons. The van der Waals surface area contributed by atoms with Crippen molar-refractivity contribution in [2.24, 2.45) is 10.8 Å². The van der Waals surface area contributed by atoms with Crippen molar-refractivity contribution >= 4 is 17.3 Å². The van der Waals surface area contributed by atoms with Gasteiger partial charge in [0, 0.05) is 47.4 Å². The Balaban J connectivity index is 1.84. The molecule has 194 valence electrons. The summed E-state index contributed by atoms with van der Waals surface area (Å²) in [4.78, 5) is 29.9. The maximum absolute atomic E-state index is 13.9. The van der Waals surface area contributed by atoms with Crippen LogP contribution >= 0.6 is 0 Å². The molecule has 3 aliphatic rings. The van der Waals surface area contributed by atoms with Crippen LogP contribution in [0.1, 0.15) is 64.9 Å².